The minimum absolute atomic E-state index is 0.0357. The summed E-state index contributed by atoms with van der Waals surface area (Å²) in [5.74, 6) is 0.870. The number of carbonyl (C=O) groups is 3. The van der Waals surface area contributed by atoms with Crippen LogP contribution < -0.4 is 10.6 Å². The predicted octanol–water partition coefficient (Wildman–Crippen LogP) is 4.21. The molecule has 3 amide bonds. The molecule has 0 radical (unpaired) electrons. The van der Waals surface area contributed by atoms with Crippen LogP contribution in [0.2, 0.25) is 0 Å². The Balaban J connectivity index is 1.48. The molecule has 0 aliphatic heterocycles. The van der Waals surface area contributed by atoms with Gasteiger partial charge >= 0.3 is 0 Å². The van der Waals surface area contributed by atoms with Crippen LogP contribution in [0.25, 0.3) is 0 Å². The van der Waals surface area contributed by atoms with Gasteiger partial charge in [0.05, 0.1) is 29.3 Å². The van der Waals surface area contributed by atoms with E-state index in [1.54, 1.807) is 17.5 Å². The van der Waals surface area contributed by atoms with Crippen LogP contribution >= 0.6 is 11.3 Å². The van der Waals surface area contributed by atoms with E-state index in [2.05, 4.69) is 38.6 Å². The number of aliphatic hydroxyl groups is 2. The highest BCUT2D eigenvalue weighted by Crippen LogP contribution is 2.29. The van der Waals surface area contributed by atoms with Crippen molar-refractivity contribution in [2.45, 2.75) is 95.0 Å². The number of nitrogens with zero attached hydrogens (tertiary/aromatic N) is 3. The van der Waals surface area contributed by atoms with Crippen molar-refractivity contribution in [3.63, 3.8) is 0 Å². The smallest absolute Gasteiger partial charge is 0.243 e. The summed E-state index contributed by atoms with van der Waals surface area (Å²) in [6.45, 7) is 1.91. The van der Waals surface area contributed by atoms with Crippen molar-refractivity contribution in [3.8, 4) is 12.3 Å². The number of aliphatic hydroxyl groups excluding tert-OH is 2. The van der Waals surface area contributed by atoms with Crippen molar-refractivity contribution < 1.29 is 24.6 Å². The first-order chi connectivity index (χ1) is 25.1. The Morgan fingerprint density at radius 3 is 2.23 bits per heavy atom. The number of benzene rings is 2. The van der Waals surface area contributed by atoms with Gasteiger partial charge in [-0.25, -0.2) is 4.98 Å². The number of terminal acetylenes is 1. The highest BCUT2D eigenvalue weighted by atomic mass is 32.1. The molecule has 1 fully saturated rings. The average Bonchev–Trinajstić information content (AvgIpc) is 3.67. The van der Waals surface area contributed by atoms with Gasteiger partial charge in [0.2, 0.25) is 17.7 Å². The maximum Gasteiger partial charge on any atom is 0.243 e. The molecule has 1 saturated carbocycles. The van der Waals surface area contributed by atoms with E-state index in [1.807, 2.05) is 61.0 Å². The molecule has 280 valence electrons. The van der Waals surface area contributed by atoms with E-state index in [0.29, 0.717) is 31.6 Å². The summed E-state index contributed by atoms with van der Waals surface area (Å²) in [6.07, 6.45) is 9.08. The van der Waals surface area contributed by atoms with Gasteiger partial charge in [-0.15, -0.1) is 23.7 Å². The second kappa shape index (κ2) is 21.4. The second-order valence-corrected chi connectivity index (χ2v) is 14.9. The second-order valence-electron chi connectivity index (χ2n) is 14.2. The fourth-order valence-electron chi connectivity index (χ4n) is 6.85. The Labute approximate surface area is 313 Å². The minimum Gasteiger partial charge on any atom is -0.389 e. The van der Waals surface area contributed by atoms with Crippen LogP contribution in [0.5, 0.6) is 0 Å². The summed E-state index contributed by atoms with van der Waals surface area (Å²) in [5, 5.41) is 29.6. The molecule has 2 aromatic carbocycles. The van der Waals surface area contributed by atoms with E-state index in [4.69, 9.17) is 6.42 Å². The highest BCUT2D eigenvalue weighted by molar-refractivity contribution is 7.07. The zero-order valence-electron chi connectivity index (χ0n) is 30.5. The Hall–Kier alpha value is -4.08. The molecule has 1 aliphatic rings. The number of hydrogen-bond acceptors (Lipinski definition) is 8. The topological polar surface area (TPSA) is 135 Å². The Bertz CT molecular complexity index is 1540. The number of aromatic nitrogens is 1. The lowest BCUT2D eigenvalue weighted by atomic mass is 9.82. The van der Waals surface area contributed by atoms with Crippen molar-refractivity contribution >= 4 is 29.1 Å². The molecule has 0 unspecified atom stereocenters. The van der Waals surface area contributed by atoms with Crippen LogP contribution in [-0.2, 0) is 33.8 Å². The van der Waals surface area contributed by atoms with Crippen LogP contribution in [0.3, 0.4) is 0 Å². The minimum atomic E-state index is -1.27. The molecule has 1 heterocycles. The van der Waals surface area contributed by atoms with Gasteiger partial charge in [0.25, 0.3) is 0 Å². The molecule has 3 aromatic rings. The van der Waals surface area contributed by atoms with Crippen molar-refractivity contribution in [1.29, 1.82) is 0 Å². The lowest BCUT2D eigenvalue weighted by molar-refractivity contribution is -0.137. The third-order valence-electron chi connectivity index (χ3n) is 9.96. The van der Waals surface area contributed by atoms with E-state index in [-0.39, 0.29) is 31.1 Å². The van der Waals surface area contributed by atoms with Crippen LogP contribution in [0, 0.1) is 24.2 Å². The van der Waals surface area contributed by atoms with Gasteiger partial charge in [0.15, 0.2) is 0 Å². The number of carbonyl (C=O) groups excluding carboxylic acids is 3. The molecule has 1 aromatic heterocycles. The van der Waals surface area contributed by atoms with Gasteiger partial charge in [0, 0.05) is 51.3 Å². The normalized spacial score (nSPS) is 16.2. The fourth-order valence-corrected chi connectivity index (χ4v) is 7.42. The molecule has 5 atom stereocenters. The summed E-state index contributed by atoms with van der Waals surface area (Å²) in [6, 6.07) is 17.9. The zero-order chi connectivity index (χ0) is 37.3. The molecule has 4 N–H and O–H groups in total. The number of amides is 3. The van der Waals surface area contributed by atoms with Crippen molar-refractivity contribution in [1.82, 2.24) is 25.4 Å². The number of likely N-dealkylation sites (N-methyl/N-ethyl adjacent to an activating group) is 2. The predicted molar refractivity (Wildman–Crippen MR) is 205 cm³/mol. The van der Waals surface area contributed by atoms with Crippen LogP contribution in [0.4, 0.5) is 0 Å². The van der Waals surface area contributed by atoms with E-state index in [9.17, 15) is 24.6 Å². The molecule has 0 saturated heterocycles. The first-order valence-electron chi connectivity index (χ1n) is 18.4. The third kappa shape index (κ3) is 13.5. The van der Waals surface area contributed by atoms with Crippen LogP contribution in [0.1, 0.15) is 68.2 Å². The lowest BCUT2D eigenvalue weighted by Gasteiger charge is -2.33. The van der Waals surface area contributed by atoms with Gasteiger partial charge in [-0.1, -0.05) is 92.8 Å². The van der Waals surface area contributed by atoms with Gasteiger partial charge < -0.3 is 30.6 Å². The highest BCUT2D eigenvalue weighted by Gasteiger charge is 2.34. The van der Waals surface area contributed by atoms with E-state index in [1.165, 1.54) is 16.9 Å². The lowest BCUT2D eigenvalue weighted by Crippen LogP contribution is -2.56. The molecular formula is C41H55N5O5S. The Kier molecular flexibility index (Phi) is 16.8. The fraction of sp³-hybridized carbons (Fsp3) is 0.512. The van der Waals surface area contributed by atoms with Gasteiger partial charge in [0.1, 0.15) is 12.1 Å². The summed E-state index contributed by atoms with van der Waals surface area (Å²) in [7, 11) is 3.76. The van der Waals surface area contributed by atoms with Crippen molar-refractivity contribution in [3.05, 3.63) is 88.4 Å². The molecule has 4 rings (SSSR count). The third-order valence-corrected chi connectivity index (χ3v) is 10.6. The first kappa shape index (κ1) is 40.7. The first-order valence-corrected chi connectivity index (χ1v) is 19.3. The largest absolute Gasteiger partial charge is 0.389 e. The quantitative estimate of drug-likeness (QED) is 0.128. The zero-order valence-corrected chi connectivity index (χ0v) is 31.3. The molecule has 0 bridgehead atoms. The van der Waals surface area contributed by atoms with E-state index >= 15 is 0 Å². The number of nitrogens with one attached hydrogen (secondary N) is 2. The number of thiazole rings is 1. The summed E-state index contributed by atoms with van der Waals surface area (Å²) in [4.78, 5) is 50.0. The average molecular weight is 730 g/mol. The monoisotopic (exact) mass is 729 g/mol. The Morgan fingerprint density at radius 1 is 0.923 bits per heavy atom. The van der Waals surface area contributed by atoms with Gasteiger partial charge in [-0.05, 0) is 36.9 Å². The van der Waals surface area contributed by atoms with Crippen LogP contribution in [-0.4, -0.2) is 94.2 Å². The van der Waals surface area contributed by atoms with Crippen molar-refractivity contribution in [2.75, 3.05) is 27.2 Å². The molecule has 0 spiro atoms. The van der Waals surface area contributed by atoms with Gasteiger partial charge in [-0.3, -0.25) is 14.4 Å². The summed E-state index contributed by atoms with van der Waals surface area (Å²) < 4.78 is 0. The SMILES string of the molecule is C#CC[C@H](O)[C@H](O)[C@H](CC1CCCCC1)NC(=O)[C@H](Cc1cscn1)NC(=O)[C@@H](CC(=O)N(C)CCN(C)Cc1ccccc1)Cc1ccccc1. The maximum atomic E-state index is 14.1. The number of rotatable bonds is 20. The summed E-state index contributed by atoms with van der Waals surface area (Å²) >= 11 is 1.39. The molecule has 52 heavy (non-hydrogen) atoms. The maximum absolute atomic E-state index is 14.1. The molecule has 10 nitrogen and oxygen atoms in total. The Morgan fingerprint density at radius 2 is 1.60 bits per heavy atom. The van der Waals surface area contributed by atoms with Crippen molar-refractivity contribution in [2.24, 2.45) is 11.8 Å². The van der Waals surface area contributed by atoms with E-state index in [0.717, 1.165) is 44.2 Å². The van der Waals surface area contributed by atoms with Gasteiger partial charge in [-0.2, -0.15) is 0 Å². The standard InChI is InChI=1S/C41H55N5O5S/c1-4-14-37(47)39(49)35(24-31-17-10-6-11-18-31)43-41(51)36(26-34-28-52-29-42-34)44-40(50)33(23-30-15-8-5-9-16-30)25-38(48)46(3)22-21-45(2)27-32-19-12-7-13-20-32/h1,5,7-9,12-13,15-16,19-20,28-29,31,33,35-37,39,47,49H,6,10-11,14,17-18,21-27H2,2-3H3,(H,43,51)(H,44,50)/t33-,35+,36+,37+,39-/m1/s1. The summed E-state index contributed by atoms with van der Waals surface area (Å²) in [5.41, 5.74) is 4.40. The molecular weight excluding hydrogens is 675 g/mol. The molecule has 11 heteroatoms. The molecule has 1 aliphatic carbocycles. The van der Waals surface area contributed by atoms with E-state index < -0.39 is 42.0 Å². The van der Waals surface area contributed by atoms with Crippen LogP contribution in [0.15, 0.2) is 71.6 Å². The number of hydrogen-bond donors (Lipinski definition) is 4.